The third kappa shape index (κ3) is 3.23. The van der Waals surface area contributed by atoms with Gasteiger partial charge in [-0.15, -0.1) is 0 Å². The molecule has 3 heteroatoms. The summed E-state index contributed by atoms with van der Waals surface area (Å²) in [5, 5.41) is 0. The van der Waals surface area contributed by atoms with Crippen LogP contribution >= 0.6 is 0 Å². The van der Waals surface area contributed by atoms with Gasteiger partial charge in [-0.3, -0.25) is 9.78 Å². The molecule has 0 spiro atoms. The SMILES string of the molecule is CCCOc1ccc(-c2ccc(C(C)=O)c(C)n2)cc1. The van der Waals surface area contributed by atoms with E-state index in [0.29, 0.717) is 5.56 Å². The predicted octanol–water partition coefficient (Wildman–Crippen LogP) is 4.05. The molecule has 2 aromatic rings. The van der Waals surface area contributed by atoms with Gasteiger partial charge >= 0.3 is 0 Å². The summed E-state index contributed by atoms with van der Waals surface area (Å²) in [6, 6.07) is 11.6. The zero-order valence-electron chi connectivity index (χ0n) is 12.1. The van der Waals surface area contributed by atoms with Gasteiger partial charge in [-0.2, -0.15) is 0 Å². The van der Waals surface area contributed by atoms with Crippen LogP contribution in [0.4, 0.5) is 0 Å². The van der Waals surface area contributed by atoms with E-state index in [4.69, 9.17) is 4.74 Å². The lowest BCUT2D eigenvalue weighted by Gasteiger charge is -2.07. The Balaban J connectivity index is 2.23. The first kappa shape index (κ1) is 14.3. The minimum Gasteiger partial charge on any atom is -0.494 e. The van der Waals surface area contributed by atoms with Crippen molar-refractivity contribution in [3.63, 3.8) is 0 Å². The van der Waals surface area contributed by atoms with Crippen LogP contribution in [0.3, 0.4) is 0 Å². The fourth-order valence-corrected chi connectivity index (χ4v) is 2.04. The lowest BCUT2D eigenvalue weighted by Crippen LogP contribution is -1.99. The van der Waals surface area contributed by atoms with E-state index in [1.807, 2.05) is 43.3 Å². The van der Waals surface area contributed by atoms with Gasteiger partial charge in [0, 0.05) is 16.8 Å². The number of aromatic nitrogens is 1. The van der Waals surface area contributed by atoms with E-state index in [9.17, 15) is 4.79 Å². The molecule has 1 aromatic heterocycles. The van der Waals surface area contributed by atoms with Crippen molar-refractivity contribution in [3.8, 4) is 17.0 Å². The van der Waals surface area contributed by atoms with Crippen LogP contribution in [0.25, 0.3) is 11.3 Å². The highest BCUT2D eigenvalue weighted by Gasteiger charge is 2.07. The Morgan fingerprint density at radius 1 is 1.15 bits per heavy atom. The molecule has 3 nitrogen and oxygen atoms in total. The van der Waals surface area contributed by atoms with Crippen molar-refractivity contribution in [3.05, 3.63) is 47.7 Å². The van der Waals surface area contributed by atoms with Crippen molar-refractivity contribution in [2.75, 3.05) is 6.61 Å². The zero-order valence-corrected chi connectivity index (χ0v) is 12.1. The number of pyridine rings is 1. The Morgan fingerprint density at radius 2 is 1.85 bits per heavy atom. The van der Waals surface area contributed by atoms with Crippen molar-refractivity contribution in [2.24, 2.45) is 0 Å². The van der Waals surface area contributed by atoms with Gasteiger partial charge in [-0.05, 0) is 56.7 Å². The number of Topliss-reactive ketones (excluding diaryl/α,β-unsaturated/α-hetero) is 1. The van der Waals surface area contributed by atoms with E-state index in [0.717, 1.165) is 35.7 Å². The van der Waals surface area contributed by atoms with E-state index < -0.39 is 0 Å². The Labute approximate surface area is 119 Å². The number of aryl methyl sites for hydroxylation is 1. The van der Waals surface area contributed by atoms with E-state index in [-0.39, 0.29) is 5.78 Å². The maximum Gasteiger partial charge on any atom is 0.161 e. The number of carbonyl (C=O) groups excluding carboxylic acids is 1. The molecule has 0 unspecified atom stereocenters. The Bertz CT molecular complexity index is 603. The highest BCUT2D eigenvalue weighted by Crippen LogP contribution is 2.22. The zero-order chi connectivity index (χ0) is 14.5. The Morgan fingerprint density at radius 3 is 2.40 bits per heavy atom. The maximum atomic E-state index is 11.4. The molecule has 2 rings (SSSR count). The fourth-order valence-electron chi connectivity index (χ4n) is 2.04. The van der Waals surface area contributed by atoms with Crippen LogP contribution in [-0.2, 0) is 0 Å². The quantitative estimate of drug-likeness (QED) is 0.769. The van der Waals surface area contributed by atoms with Crippen LogP contribution in [0.2, 0.25) is 0 Å². The standard InChI is InChI=1S/C17H19NO2/c1-4-11-20-15-7-5-14(6-8-15)17-10-9-16(13(3)19)12(2)18-17/h5-10H,4,11H2,1-3H3. The van der Waals surface area contributed by atoms with Gasteiger partial charge in [0.25, 0.3) is 0 Å². The smallest absolute Gasteiger partial charge is 0.161 e. The van der Waals surface area contributed by atoms with Gasteiger partial charge < -0.3 is 4.74 Å². The van der Waals surface area contributed by atoms with Crippen LogP contribution in [0.1, 0.15) is 36.3 Å². The summed E-state index contributed by atoms with van der Waals surface area (Å²) in [5.74, 6) is 0.914. The molecule has 1 heterocycles. The maximum absolute atomic E-state index is 11.4. The molecule has 20 heavy (non-hydrogen) atoms. The third-order valence-electron chi connectivity index (χ3n) is 3.09. The molecule has 0 aliphatic heterocycles. The molecule has 0 bridgehead atoms. The average Bonchev–Trinajstić information content (AvgIpc) is 2.45. The average molecular weight is 269 g/mol. The summed E-state index contributed by atoms with van der Waals surface area (Å²) in [7, 11) is 0. The second-order valence-electron chi connectivity index (χ2n) is 4.76. The molecule has 0 fully saturated rings. The number of benzene rings is 1. The minimum absolute atomic E-state index is 0.0462. The highest BCUT2D eigenvalue weighted by atomic mass is 16.5. The van der Waals surface area contributed by atoms with Crippen LogP contribution < -0.4 is 4.74 Å². The van der Waals surface area contributed by atoms with Crippen molar-refractivity contribution >= 4 is 5.78 Å². The molecule has 0 aliphatic carbocycles. The van der Waals surface area contributed by atoms with Gasteiger partial charge in [-0.1, -0.05) is 6.92 Å². The third-order valence-corrected chi connectivity index (χ3v) is 3.09. The van der Waals surface area contributed by atoms with E-state index in [1.165, 1.54) is 0 Å². The van der Waals surface area contributed by atoms with Gasteiger partial charge in [0.2, 0.25) is 0 Å². The molecule has 0 amide bonds. The van der Waals surface area contributed by atoms with Crippen LogP contribution in [0.5, 0.6) is 5.75 Å². The molecule has 0 radical (unpaired) electrons. The number of rotatable bonds is 5. The lowest BCUT2D eigenvalue weighted by molar-refractivity contribution is 0.101. The van der Waals surface area contributed by atoms with Gasteiger partial charge in [0.15, 0.2) is 5.78 Å². The molecule has 0 saturated carbocycles. The molecular formula is C17H19NO2. The second-order valence-corrected chi connectivity index (χ2v) is 4.76. The van der Waals surface area contributed by atoms with E-state index in [1.54, 1.807) is 6.92 Å². The molecule has 0 aliphatic rings. The summed E-state index contributed by atoms with van der Waals surface area (Å²) in [6.45, 7) is 6.23. The number of ketones is 1. The van der Waals surface area contributed by atoms with Crippen LogP contribution in [-0.4, -0.2) is 17.4 Å². The first-order valence-corrected chi connectivity index (χ1v) is 6.83. The number of nitrogens with zero attached hydrogens (tertiary/aromatic N) is 1. The van der Waals surface area contributed by atoms with Gasteiger partial charge in [0.05, 0.1) is 12.3 Å². The van der Waals surface area contributed by atoms with Gasteiger partial charge in [-0.25, -0.2) is 0 Å². The summed E-state index contributed by atoms with van der Waals surface area (Å²) < 4.78 is 5.56. The Kier molecular flexibility index (Phi) is 4.51. The second kappa shape index (κ2) is 6.33. The number of hydrogen-bond donors (Lipinski definition) is 0. The summed E-state index contributed by atoms with van der Waals surface area (Å²) in [6.07, 6.45) is 0.995. The fraction of sp³-hybridized carbons (Fsp3) is 0.294. The predicted molar refractivity (Wildman–Crippen MR) is 80.2 cm³/mol. The van der Waals surface area contributed by atoms with Crippen molar-refractivity contribution in [2.45, 2.75) is 27.2 Å². The first-order valence-electron chi connectivity index (χ1n) is 6.83. The number of carbonyl (C=O) groups is 1. The lowest BCUT2D eigenvalue weighted by atomic mass is 10.1. The van der Waals surface area contributed by atoms with Crippen molar-refractivity contribution < 1.29 is 9.53 Å². The van der Waals surface area contributed by atoms with Crippen molar-refractivity contribution in [1.82, 2.24) is 4.98 Å². The normalized spacial score (nSPS) is 10.3. The van der Waals surface area contributed by atoms with Gasteiger partial charge in [0.1, 0.15) is 5.75 Å². The van der Waals surface area contributed by atoms with Crippen LogP contribution in [0, 0.1) is 6.92 Å². The molecule has 0 atom stereocenters. The number of hydrogen-bond acceptors (Lipinski definition) is 3. The first-order chi connectivity index (χ1) is 9.61. The van der Waals surface area contributed by atoms with Crippen LogP contribution in [0.15, 0.2) is 36.4 Å². The van der Waals surface area contributed by atoms with E-state index in [2.05, 4.69) is 11.9 Å². The minimum atomic E-state index is 0.0462. The molecule has 104 valence electrons. The Hall–Kier alpha value is -2.16. The topological polar surface area (TPSA) is 39.2 Å². The van der Waals surface area contributed by atoms with E-state index >= 15 is 0 Å². The molecular weight excluding hydrogens is 250 g/mol. The molecule has 0 saturated heterocycles. The summed E-state index contributed by atoms with van der Waals surface area (Å²) in [4.78, 5) is 15.9. The largest absolute Gasteiger partial charge is 0.494 e. The van der Waals surface area contributed by atoms with Crippen molar-refractivity contribution in [1.29, 1.82) is 0 Å². The molecule has 0 N–H and O–H groups in total. The highest BCUT2D eigenvalue weighted by molar-refractivity contribution is 5.95. The summed E-state index contributed by atoms with van der Waals surface area (Å²) in [5.41, 5.74) is 3.33. The number of ether oxygens (including phenoxy) is 1. The molecule has 1 aromatic carbocycles. The monoisotopic (exact) mass is 269 g/mol. The summed E-state index contributed by atoms with van der Waals surface area (Å²) >= 11 is 0.